The van der Waals surface area contributed by atoms with Gasteiger partial charge in [-0.25, -0.2) is 4.90 Å². The minimum absolute atomic E-state index is 0.346. The number of amides is 2. The zero-order valence-electron chi connectivity index (χ0n) is 20.1. The van der Waals surface area contributed by atoms with Crippen LogP contribution >= 0.6 is 35.0 Å². The highest BCUT2D eigenvalue weighted by Gasteiger charge is 2.36. The zero-order chi connectivity index (χ0) is 26.1. The third-order valence-electron chi connectivity index (χ3n) is 6.03. The number of rotatable bonds is 6. The third kappa shape index (κ3) is 5.32. The molecule has 0 N–H and O–H groups in total. The molecule has 0 atom stereocenters. The molecular weight excluding hydrogens is 527 g/mol. The molecule has 5 nitrogen and oxygen atoms in total. The predicted molar refractivity (Wildman–Crippen MR) is 151 cm³/mol. The Kier molecular flexibility index (Phi) is 7.15. The maximum Gasteiger partial charge on any atom is 0.298 e. The lowest BCUT2D eigenvalue weighted by atomic mass is 10.2. The molecular formula is C29H22Cl2N2O3S. The van der Waals surface area contributed by atoms with Crippen molar-refractivity contribution in [2.45, 2.75) is 20.5 Å². The van der Waals surface area contributed by atoms with Crippen LogP contribution in [0.3, 0.4) is 0 Å². The average molecular weight is 549 g/mol. The largest absolute Gasteiger partial charge is 0.489 e. The van der Waals surface area contributed by atoms with E-state index in [1.807, 2.05) is 68.4 Å². The quantitative estimate of drug-likeness (QED) is 0.228. The second kappa shape index (κ2) is 10.5. The van der Waals surface area contributed by atoms with Crippen molar-refractivity contribution in [2.24, 2.45) is 0 Å². The second-order valence-corrected chi connectivity index (χ2v) is 10.4. The smallest absolute Gasteiger partial charge is 0.298 e. The number of aryl methyl sites for hydroxylation is 1. The molecule has 8 heteroatoms. The normalized spacial score (nSPS) is 14.6. The Morgan fingerprint density at radius 1 is 0.865 bits per heavy atom. The Morgan fingerprint density at radius 2 is 1.59 bits per heavy atom. The number of aromatic nitrogens is 1. The maximum atomic E-state index is 13.1. The Labute approximate surface area is 229 Å². The van der Waals surface area contributed by atoms with Gasteiger partial charge in [-0.2, -0.15) is 0 Å². The maximum absolute atomic E-state index is 13.1. The lowest BCUT2D eigenvalue weighted by molar-refractivity contribution is -0.113. The summed E-state index contributed by atoms with van der Waals surface area (Å²) < 4.78 is 8.01. The number of anilines is 1. The Hall–Kier alpha value is -3.45. The Morgan fingerprint density at radius 3 is 2.30 bits per heavy atom. The number of benzene rings is 3. The van der Waals surface area contributed by atoms with Crippen molar-refractivity contribution in [1.82, 2.24) is 4.57 Å². The lowest BCUT2D eigenvalue weighted by Gasteiger charge is -2.12. The molecule has 1 saturated heterocycles. The molecule has 0 bridgehead atoms. The van der Waals surface area contributed by atoms with Gasteiger partial charge >= 0.3 is 0 Å². The van der Waals surface area contributed by atoms with Gasteiger partial charge in [-0.1, -0.05) is 41.4 Å². The zero-order valence-corrected chi connectivity index (χ0v) is 22.4. The molecule has 186 valence electrons. The number of ether oxygens (including phenoxy) is 1. The number of carbonyl (C=O) groups is 2. The first kappa shape index (κ1) is 25.2. The molecule has 37 heavy (non-hydrogen) atoms. The van der Waals surface area contributed by atoms with Crippen molar-refractivity contribution in [3.05, 3.63) is 116 Å². The van der Waals surface area contributed by atoms with Gasteiger partial charge in [0.25, 0.3) is 11.1 Å². The Bertz CT molecular complexity index is 1530. The molecule has 2 amide bonds. The summed E-state index contributed by atoms with van der Waals surface area (Å²) >= 11 is 12.9. The predicted octanol–water partition coefficient (Wildman–Crippen LogP) is 8.22. The van der Waals surface area contributed by atoms with Crippen molar-refractivity contribution in [2.75, 3.05) is 4.90 Å². The number of carbonyl (C=O) groups excluding carboxylic acids is 2. The van der Waals surface area contributed by atoms with Gasteiger partial charge in [0.15, 0.2) is 0 Å². The van der Waals surface area contributed by atoms with Crippen LogP contribution < -0.4 is 9.64 Å². The number of imide groups is 1. The van der Waals surface area contributed by atoms with Gasteiger partial charge in [0.2, 0.25) is 0 Å². The molecule has 1 aliphatic rings. The number of halogens is 2. The molecule has 0 aliphatic carbocycles. The summed E-state index contributed by atoms with van der Waals surface area (Å²) in [6.45, 7) is 4.45. The van der Waals surface area contributed by atoms with Crippen LogP contribution in [0.15, 0.2) is 83.8 Å². The van der Waals surface area contributed by atoms with Gasteiger partial charge in [0.1, 0.15) is 12.4 Å². The van der Waals surface area contributed by atoms with E-state index in [2.05, 4.69) is 4.57 Å². The average Bonchev–Trinajstić information content (AvgIpc) is 3.32. The van der Waals surface area contributed by atoms with Crippen LogP contribution in [-0.4, -0.2) is 15.7 Å². The van der Waals surface area contributed by atoms with Gasteiger partial charge in [-0.15, -0.1) is 0 Å². The summed E-state index contributed by atoms with van der Waals surface area (Å²) in [5.74, 6) is 0.403. The standard InChI is InChI=1S/C29H22Cl2N2O3S/c1-18-14-21(15-27-28(34)33(29(35)37-27)25-5-3-4-23(31)16-25)19(2)32(18)24-10-12-26(13-11-24)36-17-20-6-8-22(30)9-7-20/h3-16H,17H2,1-2H3/b27-15+. The van der Waals surface area contributed by atoms with Gasteiger partial charge in [0.05, 0.1) is 10.6 Å². The molecule has 2 heterocycles. The molecule has 1 fully saturated rings. The van der Waals surface area contributed by atoms with E-state index in [-0.39, 0.29) is 11.1 Å². The monoisotopic (exact) mass is 548 g/mol. The number of hydrogen-bond donors (Lipinski definition) is 0. The van der Waals surface area contributed by atoms with Crippen molar-refractivity contribution in [3.63, 3.8) is 0 Å². The molecule has 0 unspecified atom stereocenters. The molecule has 5 rings (SSSR count). The molecule has 0 saturated carbocycles. The molecule has 0 spiro atoms. The van der Waals surface area contributed by atoms with E-state index in [1.54, 1.807) is 30.3 Å². The first-order valence-electron chi connectivity index (χ1n) is 11.5. The molecule has 4 aromatic rings. The molecule has 0 radical (unpaired) electrons. The summed E-state index contributed by atoms with van der Waals surface area (Å²) in [6, 6.07) is 24.1. The van der Waals surface area contributed by atoms with E-state index in [0.29, 0.717) is 27.2 Å². The molecule has 1 aromatic heterocycles. The van der Waals surface area contributed by atoms with Gasteiger partial charge in [0, 0.05) is 27.1 Å². The number of hydrogen-bond acceptors (Lipinski definition) is 4. The van der Waals surface area contributed by atoms with Crippen LogP contribution in [0.2, 0.25) is 10.0 Å². The van der Waals surface area contributed by atoms with Crippen molar-refractivity contribution in [3.8, 4) is 11.4 Å². The molecule has 3 aromatic carbocycles. The van der Waals surface area contributed by atoms with E-state index in [4.69, 9.17) is 27.9 Å². The van der Waals surface area contributed by atoms with Crippen LogP contribution in [-0.2, 0) is 11.4 Å². The summed E-state index contributed by atoms with van der Waals surface area (Å²) in [5.41, 5.74) is 5.31. The van der Waals surface area contributed by atoms with E-state index in [9.17, 15) is 9.59 Å². The fraction of sp³-hybridized carbons (Fsp3) is 0.103. The Balaban J connectivity index is 1.35. The van der Waals surface area contributed by atoms with E-state index in [0.717, 1.165) is 50.6 Å². The van der Waals surface area contributed by atoms with Crippen molar-refractivity contribution in [1.29, 1.82) is 0 Å². The van der Waals surface area contributed by atoms with E-state index in [1.165, 1.54) is 0 Å². The van der Waals surface area contributed by atoms with Crippen LogP contribution in [0.25, 0.3) is 11.8 Å². The van der Waals surface area contributed by atoms with Crippen LogP contribution in [0.1, 0.15) is 22.5 Å². The van der Waals surface area contributed by atoms with E-state index < -0.39 is 0 Å². The number of thioether (sulfide) groups is 1. The summed E-state index contributed by atoms with van der Waals surface area (Å²) in [6.07, 6.45) is 1.78. The van der Waals surface area contributed by atoms with Gasteiger partial charge < -0.3 is 9.30 Å². The molecule has 1 aliphatic heterocycles. The van der Waals surface area contributed by atoms with Gasteiger partial charge in [-0.3, -0.25) is 9.59 Å². The first-order valence-corrected chi connectivity index (χ1v) is 13.1. The highest BCUT2D eigenvalue weighted by atomic mass is 35.5. The second-order valence-electron chi connectivity index (χ2n) is 8.57. The fourth-order valence-corrected chi connectivity index (χ4v) is 5.36. The van der Waals surface area contributed by atoms with Crippen molar-refractivity contribution < 1.29 is 14.3 Å². The van der Waals surface area contributed by atoms with Crippen LogP contribution in [0.5, 0.6) is 5.75 Å². The highest BCUT2D eigenvalue weighted by Crippen LogP contribution is 2.37. The fourth-order valence-electron chi connectivity index (χ4n) is 4.22. The summed E-state index contributed by atoms with van der Waals surface area (Å²) in [4.78, 5) is 27.2. The summed E-state index contributed by atoms with van der Waals surface area (Å²) in [7, 11) is 0. The SMILES string of the molecule is Cc1cc(/C=C2/SC(=O)N(c3cccc(Cl)c3)C2=O)c(C)n1-c1ccc(OCc2ccc(Cl)cc2)cc1. The summed E-state index contributed by atoms with van der Waals surface area (Å²) in [5, 5.41) is 0.813. The van der Waals surface area contributed by atoms with Crippen LogP contribution in [0.4, 0.5) is 10.5 Å². The van der Waals surface area contributed by atoms with Crippen LogP contribution in [0, 0.1) is 13.8 Å². The topological polar surface area (TPSA) is 51.5 Å². The van der Waals surface area contributed by atoms with E-state index >= 15 is 0 Å². The number of nitrogens with zero attached hydrogens (tertiary/aromatic N) is 2. The first-order chi connectivity index (χ1) is 17.8. The van der Waals surface area contributed by atoms with Gasteiger partial charge in [-0.05, 0) is 103 Å². The lowest BCUT2D eigenvalue weighted by Crippen LogP contribution is -2.27. The minimum Gasteiger partial charge on any atom is -0.489 e. The minimum atomic E-state index is -0.357. The highest BCUT2D eigenvalue weighted by molar-refractivity contribution is 8.19. The van der Waals surface area contributed by atoms with Crippen molar-refractivity contribution >= 4 is 57.9 Å². The third-order valence-corrected chi connectivity index (χ3v) is 7.39.